The number of furan rings is 1. The van der Waals surface area contributed by atoms with Gasteiger partial charge in [0.15, 0.2) is 10.9 Å². The van der Waals surface area contributed by atoms with Crippen molar-refractivity contribution >= 4 is 40.7 Å². The Morgan fingerprint density at radius 3 is 2.89 bits per heavy atom. The molecule has 0 atom stereocenters. The number of nitro groups is 1. The van der Waals surface area contributed by atoms with Crippen LogP contribution in [0.3, 0.4) is 0 Å². The van der Waals surface area contributed by atoms with Crippen molar-refractivity contribution in [1.82, 2.24) is 15.0 Å². The molecule has 0 aliphatic rings. The molecule has 1 N–H and O–H groups in total. The van der Waals surface area contributed by atoms with Gasteiger partial charge in [0.1, 0.15) is 4.92 Å². The third-order valence-corrected chi connectivity index (χ3v) is 4.63. The van der Waals surface area contributed by atoms with Crippen LogP contribution in [0, 0.1) is 10.1 Å². The Bertz CT molecular complexity index is 1120. The summed E-state index contributed by atoms with van der Waals surface area (Å²) in [7, 11) is 0. The van der Waals surface area contributed by atoms with Crippen LogP contribution in [0.25, 0.3) is 10.9 Å². The van der Waals surface area contributed by atoms with E-state index in [0.717, 1.165) is 18.0 Å². The first-order valence-corrected chi connectivity index (χ1v) is 9.16. The van der Waals surface area contributed by atoms with Crippen molar-refractivity contribution in [3.05, 3.63) is 62.6 Å². The number of carbonyl (C=O) groups is 1. The second kappa shape index (κ2) is 8.48. The van der Waals surface area contributed by atoms with Gasteiger partial charge in [-0.25, -0.2) is 10.4 Å². The largest absolute Gasteiger partial charge is 0.433 e. The first-order chi connectivity index (χ1) is 13.5. The summed E-state index contributed by atoms with van der Waals surface area (Å²) in [5, 5.41) is 15.2. The molecule has 0 unspecified atom stereocenters. The number of hydrogen-bond donors (Lipinski definition) is 1. The minimum absolute atomic E-state index is 0.0135. The Morgan fingerprint density at radius 2 is 2.18 bits per heavy atom. The summed E-state index contributed by atoms with van der Waals surface area (Å²) in [5.41, 5.74) is 2.70. The number of carbonyl (C=O) groups excluding carboxylic acids is 1. The van der Waals surface area contributed by atoms with E-state index in [9.17, 15) is 19.7 Å². The first kappa shape index (κ1) is 19.3. The number of nitrogens with one attached hydrogen (secondary N) is 1. The summed E-state index contributed by atoms with van der Waals surface area (Å²) in [6.07, 6.45) is 1.16. The van der Waals surface area contributed by atoms with Gasteiger partial charge < -0.3 is 4.42 Å². The lowest BCUT2D eigenvalue weighted by atomic mass is 10.2. The fourth-order valence-corrected chi connectivity index (χ4v) is 3.23. The molecule has 0 saturated heterocycles. The van der Waals surface area contributed by atoms with E-state index in [2.05, 4.69) is 15.5 Å². The van der Waals surface area contributed by atoms with E-state index in [1.54, 1.807) is 24.3 Å². The molecule has 0 aliphatic heterocycles. The topological polar surface area (TPSA) is 133 Å². The predicted molar refractivity (Wildman–Crippen MR) is 104 cm³/mol. The second-order valence-electron chi connectivity index (χ2n) is 5.48. The van der Waals surface area contributed by atoms with Crippen molar-refractivity contribution in [3.8, 4) is 0 Å². The van der Waals surface area contributed by atoms with Crippen LogP contribution in [0.2, 0.25) is 0 Å². The summed E-state index contributed by atoms with van der Waals surface area (Å²) in [4.78, 5) is 38.8. The van der Waals surface area contributed by atoms with Gasteiger partial charge in [0, 0.05) is 6.54 Å². The SMILES string of the molecule is CCn1c(SCC(=O)N/N=C/c2ccc([N+](=O)[O-])o2)nc2ccccc2c1=O. The van der Waals surface area contributed by atoms with E-state index in [0.29, 0.717) is 22.6 Å². The highest BCUT2D eigenvalue weighted by Gasteiger charge is 2.12. The van der Waals surface area contributed by atoms with Crippen LogP contribution in [0.4, 0.5) is 5.88 Å². The molecule has 1 amide bonds. The lowest BCUT2D eigenvalue weighted by Gasteiger charge is -2.10. The fraction of sp³-hybridized carbons (Fsp3) is 0.176. The monoisotopic (exact) mass is 401 g/mol. The standard InChI is InChI=1S/C17H15N5O5S/c1-2-21-16(24)12-5-3-4-6-13(12)19-17(21)28-10-14(23)20-18-9-11-7-8-15(27-11)22(25)26/h3-9H,2,10H2,1H3,(H,20,23)/b18-9+. The molecule has 11 heteroatoms. The summed E-state index contributed by atoms with van der Waals surface area (Å²) in [5.74, 6) is -0.716. The molecule has 1 aromatic carbocycles. The Labute approximate surface area is 162 Å². The Kier molecular flexibility index (Phi) is 5.84. The average molecular weight is 401 g/mol. The number of aromatic nitrogens is 2. The molecule has 2 aromatic heterocycles. The Morgan fingerprint density at radius 1 is 1.39 bits per heavy atom. The molecule has 3 aromatic rings. The van der Waals surface area contributed by atoms with E-state index in [1.807, 2.05) is 6.92 Å². The van der Waals surface area contributed by atoms with Crippen molar-refractivity contribution in [1.29, 1.82) is 0 Å². The minimum atomic E-state index is -0.670. The Hall–Kier alpha value is -3.47. The smallest absolute Gasteiger partial charge is 0.400 e. The number of benzene rings is 1. The van der Waals surface area contributed by atoms with Crippen LogP contribution in [0.5, 0.6) is 0 Å². The zero-order valence-electron chi connectivity index (χ0n) is 14.7. The number of para-hydroxylation sites is 1. The van der Waals surface area contributed by atoms with Gasteiger partial charge in [-0.15, -0.1) is 0 Å². The van der Waals surface area contributed by atoms with Gasteiger partial charge >= 0.3 is 5.88 Å². The first-order valence-electron chi connectivity index (χ1n) is 8.18. The summed E-state index contributed by atoms with van der Waals surface area (Å²) < 4.78 is 6.39. The Balaban J connectivity index is 1.65. The number of nitrogens with zero attached hydrogens (tertiary/aromatic N) is 4. The summed E-state index contributed by atoms with van der Waals surface area (Å²) in [6.45, 7) is 2.25. The van der Waals surface area contributed by atoms with E-state index in [1.165, 1.54) is 16.7 Å². The average Bonchev–Trinajstić information content (AvgIpc) is 3.16. The lowest BCUT2D eigenvalue weighted by Crippen LogP contribution is -2.24. The van der Waals surface area contributed by atoms with Crippen LogP contribution < -0.4 is 11.0 Å². The van der Waals surface area contributed by atoms with Crippen LogP contribution in [0.1, 0.15) is 12.7 Å². The molecule has 0 radical (unpaired) electrons. The van der Waals surface area contributed by atoms with Crippen molar-refractivity contribution < 1.29 is 14.1 Å². The maximum atomic E-state index is 12.5. The maximum absolute atomic E-state index is 12.5. The summed E-state index contributed by atoms with van der Waals surface area (Å²) >= 11 is 1.12. The van der Waals surface area contributed by atoms with Gasteiger partial charge in [-0.05, 0) is 25.1 Å². The van der Waals surface area contributed by atoms with Gasteiger partial charge in [-0.2, -0.15) is 5.10 Å². The van der Waals surface area contributed by atoms with Gasteiger partial charge in [0.25, 0.3) is 11.5 Å². The zero-order valence-corrected chi connectivity index (χ0v) is 15.5. The predicted octanol–water partition coefficient (Wildman–Crippen LogP) is 2.16. The third-order valence-electron chi connectivity index (χ3n) is 3.65. The molecule has 2 heterocycles. The minimum Gasteiger partial charge on any atom is -0.400 e. The van der Waals surface area contributed by atoms with Gasteiger partial charge in [-0.1, -0.05) is 23.9 Å². The van der Waals surface area contributed by atoms with Gasteiger partial charge in [0.2, 0.25) is 0 Å². The third kappa shape index (κ3) is 4.26. The van der Waals surface area contributed by atoms with E-state index < -0.39 is 16.7 Å². The molecule has 0 fully saturated rings. The van der Waals surface area contributed by atoms with E-state index >= 15 is 0 Å². The van der Waals surface area contributed by atoms with Crippen LogP contribution in [0.15, 0.2) is 55.9 Å². The number of thioether (sulfide) groups is 1. The highest BCUT2D eigenvalue weighted by Crippen LogP contribution is 2.17. The molecule has 10 nitrogen and oxygen atoms in total. The molecule has 3 rings (SSSR count). The zero-order chi connectivity index (χ0) is 20.1. The molecule has 144 valence electrons. The molecular formula is C17H15N5O5S. The maximum Gasteiger partial charge on any atom is 0.433 e. The number of fused-ring (bicyclic) bond motifs is 1. The number of rotatable bonds is 7. The van der Waals surface area contributed by atoms with E-state index in [-0.39, 0.29) is 17.1 Å². The van der Waals surface area contributed by atoms with Crippen molar-refractivity contribution in [2.24, 2.45) is 5.10 Å². The fourth-order valence-electron chi connectivity index (χ4n) is 2.38. The molecule has 0 aliphatic carbocycles. The normalized spacial score (nSPS) is 11.2. The van der Waals surface area contributed by atoms with Crippen molar-refractivity contribution in [2.45, 2.75) is 18.6 Å². The number of amides is 1. The van der Waals surface area contributed by atoms with Crippen LogP contribution in [-0.2, 0) is 11.3 Å². The molecule has 0 bridgehead atoms. The molecule has 28 heavy (non-hydrogen) atoms. The molecular weight excluding hydrogens is 386 g/mol. The lowest BCUT2D eigenvalue weighted by molar-refractivity contribution is -0.402. The van der Waals surface area contributed by atoms with Gasteiger partial charge in [-0.3, -0.25) is 24.3 Å². The highest BCUT2D eigenvalue weighted by molar-refractivity contribution is 7.99. The van der Waals surface area contributed by atoms with Crippen molar-refractivity contribution in [2.75, 3.05) is 5.75 Å². The summed E-state index contributed by atoms with van der Waals surface area (Å²) in [6, 6.07) is 9.58. The van der Waals surface area contributed by atoms with Crippen molar-refractivity contribution in [3.63, 3.8) is 0 Å². The number of hydrogen-bond acceptors (Lipinski definition) is 8. The van der Waals surface area contributed by atoms with Crippen LogP contribution in [-0.4, -0.2) is 32.3 Å². The second-order valence-corrected chi connectivity index (χ2v) is 6.42. The van der Waals surface area contributed by atoms with Crippen LogP contribution >= 0.6 is 11.8 Å². The van der Waals surface area contributed by atoms with E-state index in [4.69, 9.17) is 4.42 Å². The molecule has 0 spiro atoms. The van der Waals surface area contributed by atoms with Gasteiger partial charge in [0.05, 0.1) is 28.9 Å². The highest BCUT2D eigenvalue weighted by atomic mass is 32.2. The number of hydrazone groups is 1. The molecule has 0 saturated carbocycles. The quantitative estimate of drug-likeness (QED) is 0.211.